The second kappa shape index (κ2) is 7.25. The summed E-state index contributed by atoms with van der Waals surface area (Å²) in [6, 6.07) is 0. The van der Waals surface area contributed by atoms with Crippen molar-refractivity contribution in [3.8, 4) is 0 Å². The minimum Gasteiger partial charge on any atom is -0.469 e. The van der Waals surface area contributed by atoms with E-state index in [2.05, 4.69) is 18.6 Å². The summed E-state index contributed by atoms with van der Waals surface area (Å²) in [6.07, 6.45) is 2.43. The number of esters is 1. The summed E-state index contributed by atoms with van der Waals surface area (Å²) in [4.78, 5) is 11.0. The number of carbonyl (C=O) groups is 1. The summed E-state index contributed by atoms with van der Waals surface area (Å²) in [5, 5.41) is 0.650. The lowest BCUT2D eigenvalue weighted by atomic mass is 10.2. The Balaban J connectivity index is 3.56. The Morgan fingerprint density at radius 3 is 2.54 bits per heavy atom. The lowest BCUT2D eigenvalue weighted by molar-refractivity contribution is -0.143. The van der Waals surface area contributed by atoms with Gasteiger partial charge in [-0.1, -0.05) is 27.2 Å². The molecule has 0 rings (SSSR count). The Morgan fingerprint density at radius 2 is 2.08 bits per heavy atom. The van der Waals surface area contributed by atoms with Crippen molar-refractivity contribution in [1.29, 1.82) is 0 Å². The maximum absolute atomic E-state index is 11.0. The molecule has 0 spiro atoms. The van der Waals surface area contributed by atoms with Gasteiger partial charge in [0.25, 0.3) is 0 Å². The first-order valence-corrected chi connectivity index (χ1v) is 5.86. The zero-order chi connectivity index (χ0) is 10.3. The quantitative estimate of drug-likeness (QED) is 0.622. The van der Waals surface area contributed by atoms with Crippen molar-refractivity contribution >= 4 is 17.7 Å². The minimum atomic E-state index is -0.101. The zero-order valence-corrected chi connectivity index (χ0v) is 9.82. The van der Waals surface area contributed by atoms with Crippen molar-refractivity contribution in [1.82, 2.24) is 0 Å². The van der Waals surface area contributed by atoms with Gasteiger partial charge in [0.15, 0.2) is 0 Å². The van der Waals surface area contributed by atoms with Crippen LogP contribution in [-0.4, -0.2) is 24.1 Å². The van der Waals surface area contributed by atoms with E-state index in [0.29, 0.717) is 5.25 Å². The molecule has 0 fully saturated rings. The number of rotatable bonds is 6. The lowest BCUT2D eigenvalue weighted by Gasteiger charge is -2.12. The van der Waals surface area contributed by atoms with Crippen molar-refractivity contribution in [3.63, 3.8) is 0 Å². The van der Waals surface area contributed by atoms with Crippen LogP contribution in [0.1, 0.15) is 33.6 Å². The van der Waals surface area contributed by atoms with Crippen molar-refractivity contribution in [2.24, 2.45) is 5.92 Å². The molecule has 3 heteroatoms. The molecule has 0 radical (unpaired) electrons. The lowest BCUT2D eigenvalue weighted by Crippen LogP contribution is -2.16. The largest absolute Gasteiger partial charge is 0.469 e. The van der Waals surface area contributed by atoms with Crippen LogP contribution < -0.4 is 0 Å². The maximum atomic E-state index is 11.0. The highest BCUT2D eigenvalue weighted by Crippen LogP contribution is 2.19. The van der Waals surface area contributed by atoms with E-state index >= 15 is 0 Å². The molecule has 0 saturated heterocycles. The predicted octanol–water partition coefficient (Wildman–Crippen LogP) is 2.72. The molecule has 2 atom stereocenters. The van der Waals surface area contributed by atoms with Gasteiger partial charge < -0.3 is 4.74 Å². The molecule has 0 aromatic heterocycles. The minimum absolute atomic E-state index is 0.0225. The van der Waals surface area contributed by atoms with Crippen LogP contribution in [0.3, 0.4) is 0 Å². The van der Waals surface area contributed by atoms with E-state index in [9.17, 15) is 4.79 Å². The van der Waals surface area contributed by atoms with E-state index in [0.717, 1.165) is 5.75 Å². The molecule has 0 bridgehead atoms. The molecule has 0 aromatic rings. The Kier molecular flexibility index (Phi) is 7.14. The third-order valence-corrected chi connectivity index (χ3v) is 3.43. The van der Waals surface area contributed by atoms with Crippen LogP contribution in [0.5, 0.6) is 0 Å². The predicted molar refractivity (Wildman–Crippen MR) is 58.0 cm³/mol. The van der Waals surface area contributed by atoms with Crippen LogP contribution in [0.15, 0.2) is 0 Å². The van der Waals surface area contributed by atoms with Gasteiger partial charge in [0.2, 0.25) is 0 Å². The van der Waals surface area contributed by atoms with Crippen LogP contribution in [0.2, 0.25) is 0 Å². The van der Waals surface area contributed by atoms with Crippen LogP contribution in [0, 0.1) is 5.92 Å². The van der Waals surface area contributed by atoms with E-state index in [1.807, 2.05) is 18.7 Å². The van der Waals surface area contributed by atoms with Crippen LogP contribution in [0.25, 0.3) is 0 Å². The molecular formula is C10H20O2S. The number of ether oxygens (including phenoxy) is 1. The first-order chi connectivity index (χ1) is 6.11. The molecule has 0 aromatic carbocycles. The van der Waals surface area contributed by atoms with Gasteiger partial charge in [0, 0.05) is 11.0 Å². The van der Waals surface area contributed by atoms with Gasteiger partial charge in [0.05, 0.1) is 13.0 Å². The Morgan fingerprint density at radius 1 is 1.46 bits per heavy atom. The summed E-state index contributed by atoms with van der Waals surface area (Å²) in [5.74, 6) is 0.791. The van der Waals surface area contributed by atoms with E-state index < -0.39 is 0 Å². The number of carbonyl (C=O) groups excluding carboxylic acids is 1. The van der Waals surface area contributed by atoms with Gasteiger partial charge in [-0.3, -0.25) is 4.79 Å². The first-order valence-electron chi connectivity index (χ1n) is 4.81. The second-order valence-corrected chi connectivity index (χ2v) is 4.83. The Bertz CT molecular complexity index is 148. The molecule has 0 aliphatic heterocycles. The van der Waals surface area contributed by atoms with Crippen molar-refractivity contribution in [2.75, 3.05) is 12.9 Å². The number of hydrogen-bond acceptors (Lipinski definition) is 3. The van der Waals surface area contributed by atoms with E-state index in [1.54, 1.807) is 0 Å². The third kappa shape index (κ3) is 5.97. The summed E-state index contributed by atoms with van der Waals surface area (Å²) < 4.78 is 4.65. The SMILES string of the molecule is CCCC(C)SCC(C)C(=O)OC. The smallest absolute Gasteiger partial charge is 0.309 e. The summed E-state index contributed by atoms with van der Waals surface area (Å²) in [5.41, 5.74) is 0. The summed E-state index contributed by atoms with van der Waals surface area (Å²) in [7, 11) is 1.44. The molecule has 0 aliphatic carbocycles. The molecule has 0 amide bonds. The first kappa shape index (κ1) is 12.8. The fraction of sp³-hybridized carbons (Fsp3) is 0.900. The van der Waals surface area contributed by atoms with Gasteiger partial charge in [0.1, 0.15) is 0 Å². The third-order valence-electron chi connectivity index (χ3n) is 1.93. The molecule has 2 unspecified atom stereocenters. The fourth-order valence-corrected chi connectivity index (χ4v) is 2.22. The van der Waals surface area contributed by atoms with Crippen molar-refractivity contribution in [2.45, 2.75) is 38.9 Å². The van der Waals surface area contributed by atoms with Gasteiger partial charge >= 0.3 is 5.97 Å². The topological polar surface area (TPSA) is 26.3 Å². The van der Waals surface area contributed by atoms with Gasteiger partial charge in [-0.05, 0) is 6.42 Å². The molecule has 13 heavy (non-hydrogen) atoms. The van der Waals surface area contributed by atoms with Crippen LogP contribution >= 0.6 is 11.8 Å². The van der Waals surface area contributed by atoms with Crippen molar-refractivity contribution < 1.29 is 9.53 Å². The summed E-state index contributed by atoms with van der Waals surface area (Å²) in [6.45, 7) is 6.30. The molecule has 0 N–H and O–H groups in total. The van der Waals surface area contributed by atoms with Crippen LogP contribution in [-0.2, 0) is 9.53 Å². The number of thioether (sulfide) groups is 1. The second-order valence-electron chi connectivity index (χ2n) is 3.36. The molecular weight excluding hydrogens is 184 g/mol. The Labute approximate surface area is 85.4 Å². The number of methoxy groups -OCH3 is 1. The summed E-state index contributed by atoms with van der Waals surface area (Å²) >= 11 is 1.85. The van der Waals surface area contributed by atoms with E-state index in [-0.39, 0.29) is 11.9 Å². The molecule has 0 saturated carbocycles. The van der Waals surface area contributed by atoms with Gasteiger partial charge in [-0.2, -0.15) is 11.8 Å². The van der Waals surface area contributed by atoms with Gasteiger partial charge in [-0.15, -0.1) is 0 Å². The molecule has 0 heterocycles. The Hall–Kier alpha value is -0.180. The normalized spacial score (nSPS) is 15.1. The zero-order valence-electron chi connectivity index (χ0n) is 9.00. The highest BCUT2D eigenvalue weighted by Gasteiger charge is 2.14. The molecule has 2 nitrogen and oxygen atoms in total. The maximum Gasteiger partial charge on any atom is 0.309 e. The average Bonchev–Trinajstić information content (AvgIpc) is 2.13. The molecule has 78 valence electrons. The van der Waals surface area contributed by atoms with Crippen LogP contribution in [0.4, 0.5) is 0 Å². The highest BCUT2D eigenvalue weighted by molar-refractivity contribution is 7.99. The standard InChI is InChI=1S/C10H20O2S/c1-5-6-9(3)13-7-8(2)10(11)12-4/h8-9H,5-7H2,1-4H3. The van der Waals surface area contributed by atoms with E-state index in [4.69, 9.17) is 0 Å². The highest BCUT2D eigenvalue weighted by atomic mass is 32.2. The van der Waals surface area contributed by atoms with Gasteiger partial charge in [-0.25, -0.2) is 0 Å². The monoisotopic (exact) mass is 204 g/mol. The average molecular weight is 204 g/mol. The van der Waals surface area contributed by atoms with Crippen molar-refractivity contribution in [3.05, 3.63) is 0 Å². The van der Waals surface area contributed by atoms with E-state index in [1.165, 1.54) is 20.0 Å². The molecule has 0 aliphatic rings. The fourth-order valence-electron chi connectivity index (χ4n) is 1.07. The number of hydrogen-bond donors (Lipinski definition) is 0.